The van der Waals surface area contributed by atoms with Crippen molar-refractivity contribution >= 4 is 23.5 Å². The van der Waals surface area contributed by atoms with E-state index >= 15 is 0 Å². The standard InChI is InChI=1S/C7H8F3N3OS2/c1-15-5-11-4(12-6(13-5)16-2)14-3-7(8,9)10/h3H2,1-2H3. The van der Waals surface area contributed by atoms with Crippen LogP contribution in [-0.2, 0) is 0 Å². The molecule has 0 aliphatic carbocycles. The second-order valence-corrected chi connectivity index (χ2v) is 4.04. The summed E-state index contributed by atoms with van der Waals surface area (Å²) in [7, 11) is 0. The van der Waals surface area contributed by atoms with Crippen molar-refractivity contribution in [2.75, 3.05) is 19.1 Å². The topological polar surface area (TPSA) is 47.9 Å². The van der Waals surface area contributed by atoms with Crippen LogP contribution in [0.15, 0.2) is 10.3 Å². The van der Waals surface area contributed by atoms with Crippen molar-refractivity contribution in [2.45, 2.75) is 16.5 Å². The highest BCUT2D eigenvalue weighted by atomic mass is 32.2. The zero-order chi connectivity index (χ0) is 12.2. The quantitative estimate of drug-likeness (QED) is 0.783. The molecular weight excluding hydrogens is 263 g/mol. The SMILES string of the molecule is CSc1nc(OCC(F)(F)F)nc(SC)n1. The van der Waals surface area contributed by atoms with Gasteiger partial charge in [-0.15, -0.1) is 0 Å². The Morgan fingerprint density at radius 1 is 1.06 bits per heavy atom. The number of hydrogen-bond donors (Lipinski definition) is 0. The number of hydrogen-bond acceptors (Lipinski definition) is 6. The molecule has 0 saturated carbocycles. The first-order chi connectivity index (χ1) is 7.44. The first-order valence-corrected chi connectivity index (χ1v) is 6.43. The summed E-state index contributed by atoms with van der Waals surface area (Å²) >= 11 is 2.42. The fourth-order valence-electron chi connectivity index (χ4n) is 0.714. The number of rotatable bonds is 4. The van der Waals surface area contributed by atoms with Gasteiger partial charge in [-0.25, -0.2) is 0 Å². The molecule has 0 aliphatic heterocycles. The van der Waals surface area contributed by atoms with E-state index in [1.54, 1.807) is 12.5 Å². The number of alkyl halides is 3. The number of nitrogens with zero attached hydrogens (tertiary/aromatic N) is 3. The van der Waals surface area contributed by atoms with Crippen molar-refractivity contribution in [1.29, 1.82) is 0 Å². The van der Waals surface area contributed by atoms with Gasteiger partial charge in [0, 0.05) is 0 Å². The number of ether oxygens (including phenoxy) is 1. The highest BCUT2D eigenvalue weighted by Crippen LogP contribution is 2.20. The minimum atomic E-state index is -4.40. The lowest BCUT2D eigenvalue weighted by atomic mass is 10.7. The van der Waals surface area contributed by atoms with Crippen molar-refractivity contribution in [3.63, 3.8) is 0 Å². The van der Waals surface area contributed by atoms with E-state index in [0.717, 1.165) is 0 Å². The highest BCUT2D eigenvalue weighted by Gasteiger charge is 2.29. The third kappa shape index (κ3) is 4.44. The van der Waals surface area contributed by atoms with Gasteiger partial charge in [0.2, 0.25) is 0 Å². The summed E-state index contributed by atoms with van der Waals surface area (Å²) in [6, 6.07) is -0.305. The van der Waals surface area contributed by atoms with Crippen LogP contribution in [0.2, 0.25) is 0 Å². The molecule has 0 aromatic carbocycles. The van der Waals surface area contributed by atoms with Gasteiger partial charge in [-0.05, 0) is 12.5 Å². The lowest BCUT2D eigenvalue weighted by Gasteiger charge is -2.08. The molecule has 4 nitrogen and oxygen atoms in total. The molecule has 90 valence electrons. The van der Waals surface area contributed by atoms with E-state index in [9.17, 15) is 13.2 Å². The summed E-state index contributed by atoms with van der Waals surface area (Å²) in [5.41, 5.74) is 0. The molecular formula is C7H8F3N3OS2. The van der Waals surface area contributed by atoms with Gasteiger partial charge in [-0.1, -0.05) is 23.5 Å². The maximum absolute atomic E-state index is 11.9. The maximum Gasteiger partial charge on any atom is 0.422 e. The molecule has 0 unspecified atom stereocenters. The molecule has 0 bridgehead atoms. The van der Waals surface area contributed by atoms with E-state index in [2.05, 4.69) is 19.7 Å². The van der Waals surface area contributed by atoms with Gasteiger partial charge >= 0.3 is 12.2 Å². The highest BCUT2D eigenvalue weighted by molar-refractivity contribution is 7.99. The summed E-state index contributed by atoms with van der Waals surface area (Å²) in [6.45, 7) is -1.40. The van der Waals surface area contributed by atoms with Crippen molar-refractivity contribution < 1.29 is 17.9 Å². The number of halogens is 3. The second kappa shape index (κ2) is 5.58. The molecule has 1 rings (SSSR count). The lowest BCUT2D eigenvalue weighted by molar-refractivity contribution is -0.154. The Labute approximate surface area is 98.4 Å². The molecule has 0 spiro atoms. The Morgan fingerprint density at radius 2 is 1.56 bits per heavy atom. The monoisotopic (exact) mass is 271 g/mol. The normalized spacial score (nSPS) is 11.6. The molecule has 0 aliphatic rings. The van der Waals surface area contributed by atoms with E-state index < -0.39 is 12.8 Å². The number of aromatic nitrogens is 3. The number of thioether (sulfide) groups is 2. The van der Waals surface area contributed by atoms with Crippen LogP contribution in [0.4, 0.5) is 13.2 Å². The van der Waals surface area contributed by atoms with Crippen molar-refractivity contribution in [1.82, 2.24) is 15.0 Å². The summed E-state index contributed by atoms with van der Waals surface area (Å²) in [5, 5.41) is 0.660. The molecule has 0 saturated heterocycles. The lowest BCUT2D eigenvalue weighted by Crippen LogP contribution is -2.20. The fourth-order valence-corrected chi connectivity index (χ4v) is 1.47. The largest absolute Gasteiger partial charge is 0.454 e. The minimum absolute atomic E-state index is 0.305. The third-order valence-electron chi connectivity index (χ3n) is 1.30. The van der Waals surface area contributed by atoms with Crippen molar-refractivity contribution in [2.24, 2.45) is 0 Å². The van der Waals surface area contributed by atoms with E-state index in [-0.39, 0.29) is 6.01 Å². The Hall–Kier alpha value is -0.700. The summed E-state index contributed by atoms with van der Waals surface area (Å²) in [5.74, 6) is 0. The van der Waals surface area contributed by atoms with Crippen molar-refractivity contribution in [3.8, 4) is 6.01 Å². The molecule has 0 N–H and O–H groups in total. The molecule has 1 heterocycles. The van der Waals surface area contributed by atoms with Crippen LogP contribution in [-0.4, -0.2) is 40.2 Å². The summed E-state index contributed by atoms with van der Waals surface area (Å²) in [4.78, 5) is 11.4. The van der Waals surface area contributed by atoms with E-state index in [1.807, 2.05) is 0 Å². The second-order valence-electron chi connectivity index (χ2n) is 2.50. The fraction of sp³-hybridized carbons (Fsp3) is 0.571. The summed E-state index contributed by atoms with van der Waals surface area (Å²) < 4.78 is 40.1. The predicted octanol–water partition coefficient (Wildman–Crippen LogP) is 2.26. The van der Waals surface area contributed by atoms with Crippen LogP contribution in [0.1, 0.15) is 0 Å². The molecule has 1 aromatic rings. The molecule has 0 atom stereocenters. The Bertz CT molecular complexity index is 339. The molecule has 0 fully saturated rings. The first kappa shape index (κ1) is 13.4. The average Bonchev–Trinajstić information content (AvgIpc) is 2.25. The van der Waals surface area contributed by atoms with Crippen LogP contribution in [0.3, 0.4) is 0 Å². The van der Waals surface area contributed by atoms with Gasteiger partial charge < -0.3 is 4.74 Å². The molecule has 0 amide bonds. The van der Waals surface area contributed by atoms with Crippen LogP contribution in [0, 0.1) is 0 Å². The van der Waals surface area contributed by atoms with Gasteiger partial charge in [0.05, 0.1) is 0 Å². The Morgan fingerprint density at radius 3 is 1.94 bits per heavy atom. The van der Waals surface area contributed by atoms with Crippen LogP contribution >= 0.6 is 23.5 Å². The molecule has 9 heteroatoms. The first-order valence-electron chi connectivity index (χ1n) is 3.98. The molecule has 16 heavy (non-hydrogen) atoms. The van der Waals surface area contributed by atoms with Crippen molar-refractivity contribution in [3.05, 3.63) is 0 Å². The molecule has 0 radical (unpaired) electrons. The van der Waals surface area contributed by atoms with Crippen LogP contribution in [0.5, 0.6) is 6.01 Å². The van der Waals surface area contributed by atoms with Gasteiger partial charge in [0.25, 0.3) is 0 Å². The van der Waals surface area contributed by atoms with E-state index in [1.165, 1.54) is 23.5 Å². The maximum atomic E-state index is 11.9. The minimum Gasteiger partial charge on any atom is -0.454 e. The Kier molecular flexibility index (Phi) is 4.66. The Balaban J connectivity index is 2.79. The van der Waals surface area contributed by atoms with E-state index in [4.69, 9.17) is 0 Å². The van der Waals surface area contributed by atoms with E-state index in [0.29, 0.717) is 10.3 Å². The summed E-state index contributed by atoms with van der Waals surface area (Å²) in [6.07, 6.45) is -0.967. The third-order valence-corrected chi connectivity index (χ3v) is 2.40. The van der Waals surface area contributed by atoms with Gasteiger partial charge in [-0.2, -0.15) is 28.1 Å². The molecule has 1 aromatic heterocycles. The van der Waals surface area contributed by atoms with Crippen LogP contribution in [0.25, 0.3) is 0 Å². The van der Waals surface area contributed by atoms with Gasteiger partial charge in [-0.3, -0.25) is 0 Å². The smallest absolute Gasteiger partial charge is 0.422 e. The van der Waals surface area contributed by atoms with Gasteiger partial charge in [0.15, 0.2) is 16.9 Å². The average molecular weight is 271 g/mol. The zero-order valence-corrected chi connectivity index (χ0v) is 10.0. The predicted molar refractivity (Wildman–Crippen MR) is 54.9 cm³/mol. The van der Waals surface area contributed by atoms with Crippen LogP contribution < -0.4 is 4.74 Å². The zero-order valence-electron chi connectivity index (χ0n) is 8.41. The van der Waals surface area contributed by atoms with Gasteiger partial charge in [0.1, 0.15) is 0 Å².